The highest BCUT2D eigenvalue weighted by Crippen LogP contribution is 2.30. The Bertz CT molecular complexity index is 700. The highest BCUT2D eigenvalue weighted by atomic mass is 35.5. The molecular formula is C16H16ClN3O. The van der Waals surface area contributed by atoms with E-state index in [-0.39, 0.29) is 0 Å². The number of benzene rings is 2. The lowest BCUT2D eigenvalue weighted by Gasteiger charge is -2.28. The van der Waals surface area contributed by atoms with Crippen LogP contribution in [0.25, 0.3) is 0 Å². The Morgan fingerprint density at radius 1 is 1.29 bits per heavy atom. The first kappa shape index (κ1) is 13.8. The van der Waals surface area contributed by atoms with E-state index >= 15 is 0 Å². The summed E-state index contributed by atoms with van der Waals surface area (Å²) in [4.78, 5) is 6.46. The molecule has 0 atom stereocenters. The fourth-order valence-electron chi connectivity index (χ4n) is 2.43. The maximum absolute atomic E-state index is 6.08. The first-order chi connectivity index (χ1) is 10.2. The molecule has 0 fully saturated rings. The van der Waals surface area contributed by atoms with Gasteiger partial charge in [-0.1, -0.05) is 35.9 Å². The molecule has 2 aromatic carbocycles. The number of ether oxygens (including phenoxy) is 1. The van der Waals surface area contributed by atoms with Gasteiger partial charge in [0.15, 0.2) is 5.96 Å². The topological polar surface area (TPSA) is 50.8 Å². The van der Waals surface area contributed by atoms with Crippen LogP contribution in [0.3, 0.4) is 0 Å². The average Bonchev–Trinajstić information content (AvgIpc) is 2.49. The van der Waals surface area contributed by atoms with Gasteiger partial charge in [0.2, 0.25) is 0 Å². The number of fused-ring (bicyclic) bond motifs is 1. The van der Waals surface area contributed by atoms with Crippen LogP contribution in [0.2, 0.25) is 5.02 Å². The number of guanidine groups is 1. The molecule has 3 rings (SSSR count). The quantitative estimate of drug-likeness (QED) is 0.946. The second-order valence-electron chi connectivity index (χ2n) is 4.91. The fourth-order valence-corrected chi connectivity index (χ4v) is 2.60. The van der Waals surface area contributed by atoms with Crippen molar-refractivity contribution in [2.45, 2.75) is 13.1 Å². The number of nitrogens with two attached hydrogens (primary N) is 1. The maximum Gasteiger partial charge on any atom is 0.197 e. The van der Waals surface area contributed by atoms with Gasteiger partial charge in [0, 0.05) is 23.7 Å². The second kappa shape index (κ2) is 5.66. The van der Waals surface area contributed by atoms with Crippen molar-refractivity contribution in [1.29, 1.82) is 0 Å². The van der Waals surface area contributed by atoms with Crippen LogP contribution < -0.4 is 10.5 Å². The number of hydrogen-bond acceptors (Lipinski definition) is 4. The number of nitrogens with zero attached hydrogens (tertiary/aromatic N) is 2. The Kier molecular flexibility index (Phi) is 3.71. The predicted molar refractivity (Wildman–Crippen MR) is 85.0 cm³/mol. The minimum atomic E-state index is 0.496. The minimum Gasteiger partial charge on any atom is -0.496 e. The number of halogens is 1. The van der Waals surface area contributed by atoms with Crippen molar-refractivity contribution in [2.24, 2.45) is 10.7 Å². The zero-order chi connectivity index (χ0) is 14.8. The molecule has 4 nitrogen and oxygen atoms in total. The molecule has 0 aromatic heterocycles. The van der Waals surface area contributed by atoms with Crippen molar-refractivity contribution in [1.82, 2.24) is 4.90 Å². The summed E-state index contributed by atoms with van der Waals surface area (Å²) in [6.07, 6.45) is 0. The summed E-state index contributed by atoms with van der Waals surface area (Å²) in [5.74, 6) is 1.35. The largest absolute Gasteiger partial charge is 0.496 e. The molecule has 0 saturated carbocycles. The van der Waals surface area contributed by atoms with Crippen LogP contribution in [0.5, 0.6) is 5.75 Å². The molecule has 1 heterocycles. The molecule has 0 spiro atoms. The SMILES string of the molecule is COc1ccccc1CN1Cc2ccc(Cl)cc2N=C1N. The van der Waals surface area contributed by atoms with Crippen molar-refractivity contribution in [3.8, 4) is 5.75 Å². The Morgan fingerprint density at radius 3 is 2.90 bits per heavy atom. The molecule has 21 heavy (non-hydrogen) atoms. The molecule has 0 amide bonds. The van der Waals surface area contributed by atoms with Crippen molar-refractivity contribution in [3.63, 3.8) is 0 Å². The van der Waals surface area contributed by atoms with Crippen LogP contribution in [0.4, 0.5) is 5.69 Å². The van der Waals surface area contributed by atoms with Crippen molar-refractivity contribution >= 4 is 23.2 Å². The third-order valence-corrected chi connectivity index (χ3v) is 3.76. The molecule has 0 bridgehead atoms. The first-order valence-electron chi connectivity index (χ1n) is 6.67. The molecule has 0 saturated heterocycles. The molecule has 108 valence electrons. The zero-order valence-corrected chi connectivity index (χ0v) is 12.5. The van der Waals surface area contributed by atoms with Gasteiger partial charge in [-0.15, -0.1) is 0 Å². The van der Waals surface area contributed by atoms with E-state index < -0.39 is 0 Å². The van der Waals surface area contributed by atoms with Gasteiger partial charge >= 0.3 is 0 Å². The smallest absolute Gasteiger partial charge is 0.197 e. The number of para-hydroxylation sites is 1. The Hall–Kier alpha value is -2.20. The number of methoxy groups -OCH3 is 1. The summed E-state index contributed by atoms with van der Waals surface area (Å²) in [5, 5.41) is 0.670. The summed E-state index contributed by atoms with van der Waals surface area (Å²) < 4.78 is 5.38. The molecule has 0 radical (unpaired) electrons. The van der Waals surface area contributed by atoms with Gasteiger partial charge in [0.05, 0.1) is 12.8 Å². The summed E-state index contributed by atoms with van der Waals surface area (Å²) >= 11 is 5.99. The van der Waals surface area contributed by atoms with E-state index in [9.17, 15) is 0 Å². The summed E-state index contributed by atoms with van der Waals surface area (Å²) in [5.41, 5.74) is 9.11. The molecule has 0 unspecified atom stereocenters. The summed E-state index contributed by atoms with van der Waals surface area (Å²) in [6.45, 7) is 1.36. The molecular weight excluding hydrogens is 286 g/mol. The van der Waals surface area contributed by atoms with Gasteiger partial charge in [0.25, 0.3) is 0 Å². The molecule has 0 aliphatic carbocycles. The van der Waals surface area contributed by atoms with Crippen LogP contribution in [0.15, 0.2) is 47.5 Å². The lowest BCUT2D eigenvalue weighted by atomic mass is 10.1. The highest BCUT2D eigenvalue weighted by molar-refractivity contribution is 6.30. The standard InChI is InChI=1S/C16H16ClN3O/c1-21-15-5-3-2-4-12(15)10-20-9-11-6-7-13(17)8-14(11)19-16(20)18/h2-8H,9-10H2,1H3,(H2,18,19). The Morgan fingerprint density at radius 2 is 2.10 bits per heavy atom. The molecule has 2 aromatic rings. The van der Waals surface area contributed by atoms with Crippen molar-refractivity contribution in [3.05, 3.63) is 58.6 Å². The zero-order valence-electron chi connectivity index (χ0n) is 11.7. The monoisotopic (exact) mass is 301 g/mol. The average molecular weight is 302 g/mol. The van der Waals surface area contributed by atoms with Crippen LogP contribution >= 0.6 is 11.6 Å². The second-order valence-corrected chi connectivity index (χ2v) is 5.35. The van der Waals surface area contributed by atoms with Crippen molar-refractivity contribution in [2.75, 3.05) is 7.11 Å². The molecule has 5 heteroatoms. The lowest BCUT2D eigenvalue weighted by molar-refractivity contribution is 0.370. The highest BCUT2D eigenvalue weighted by Gasteiger charge is 2.19. The van der Waals surface area contributed by atoms with Crippen LogP contribution in [0.1, 0.15) is 11.1 Å². The Labute approximate surface area is 128 Å². The van der Waals surface area contributed by atoms with E-state index in [4.69, 9.17) is 22.1 Å². The van der Waals surface area contributed by atoms with E-state index in [0.29, 0.717) is 24.1 Å². The van der Waals surface area contributed by atoms with Gasteiger partial charge < -0.3 is 15.4 Å². The lowest BCUT2D eigenvalue weighted by Crippen LogP contribution is -2.38. The van der Waals surface area contributed by atoms with Gasteiger partial charge in [-0.25, -0.2) is 4.99 Å². The van der Waals surface area contributed by atoms with E-state index in [2.05, 4.69) is 4.99 Å². The van der Waals surface area contributed by atoms with Crippen LogP contribution in [0, 0.1) is 0 Å². The van der Waals surface area contributed by atoms with E-state index in [1.807, 2.05) is 47.4 Å². The summed E-state index contributed by atoms with van der Waals surface area (Å²) in [6, 6.07) is 13.6. The number of rotatable bonds is 3. The normalized spacial score (nSPS) is 13.6. The van der Waals surface area contributed by atoms with Gasteiger partial charge in [-0.3, -0.25) is 0 Å². The van der Waals surface area contributed by atoms with Crippen LogP contribution in [-0.4, -0.2) is 18.0 Å². The number of aliphatic imine (C=N–C) groups is 1. The minimum absolute atomic E-state index is 0.496. The fraction of sp³-hybridized carbons (Fsp3) is 0.188. The van der Waals surface area contributed by atoms with E-state index in [1.165, 1.54) is 0 Å². The maximum atomic E-state index is 6.08. The summed E-state index contributed by atoms with van der Waals surface area (Å²) in [7, 11) is 1.67. The first-order valence-corrected chi connectivity index (χ1v) is 7.04. The van der Waals surface area contributed by atoms with Gasteiger partial charge in [-0.2, -0.15) is 0 Å². The molecule has 2 N–H and O–H groups in total. The molecule has 1 aliphatic rings. The van der Waals surface area contributed by atoms with Gasteiger partial charge in [0.1, 0.15) is 5.75 Å². The van der Waals surface area contributed by atoms with Crippen LogP contribution in [-0.2, 0) is 13.1 Å². The third-order valence-electron chi connectivity index (χ3n) is 3.52. The van der Waals surface area contributed by atoms with E-state index in [1.54, 1.807) is 7.11 Å². The van der Waals surface area contributed by atoms with Gasteiger partial charge in [-0.05, 0) is 23.8 Å². The van der Waals surface area contributed by atoms with Crippen molar-refractivity contribution < 1.29 is 4.74 Å². The predicted octanol–water partition coefficient (Wildman–Crippen LogP) is 3.31. The molecule has 1 aliphatic heterocycles. The number of hydrogen-bond donors (Lipinski definition) is 1. The third kappa shape index (κ3) is 2.81. The van der Waals surface area contributed by atoms with E-state index in [0.717, 1.165) is 22.6 Å². The Balaban J connectivity index is 1.87.